The zero-order valence-electron chi connectivity index (χ0n) is 12.5. The summed E-state index contributed by atoms with van der Waals surface area (Å²) in [6.45, 7) is 0. The summed E-state index contributed by atoms with van der Waals surface area (Å²) in [7, 11) is 0. The molecular formula is C17H14FN3O2S. The highest BCUT2D eigenvalue weighted by molar-refractivity contribution is 8.15. The van der Waals surface area contributed by atoms with Gasteiger partial charge in [0.25, 0.3) is 0 Å². The van der Waals surface area contributed by atoms with Crippen LogP contribution in [0.1, 0.15) is 6.42 Å². The van der Waals surface area contributed by atoms with Crippen molar-refractivity contribution in [3.63, 3.8) is 0 Å². The van der Waals surface area contributed by atoms with E-state index in [9.17, 15) is 14.0 Å². The molecule has 3 rings (SSSR count). The molecule has 1 aliphatic heterocycles. The topological polar surface area (TPSA) is 70.6 Å². The molecule has 24 heavy (non-hydrogen) atoms. The lowest BCUT2D eigenvalue weighted by Crippen LogP contribution is -2.41. The molecule has 1 aliphatic rings. The van der Waals surface area contributed by atoms with E-state index in [4.69, 9.17) is 0 Å². The van der Waals surface area contributed by atoms with Crippen LogP contribution in [0.5, 0.6) is 0 Å². The summed E-state index contributed by atoms with van der Waals surface area (Å²) in [6, 6.07) is 14.6. The number of benzene rings is 2. The molecule has 0 saturated carbocycles. The molecule has 122 valence electrons. The van der Waals surface area contributed by atoms with Gasteiger partial charge in [-0.25, -0.2) is 9.38 Å². The van der Waals surface area contributed by atoms with Crippen LogP contribution >= 0.6 is 11.8 Å². The number of nitrogens with one attached hydrogen (secondary N) is 2. The van der Waals surface area contributed by atoms with Gasteiger partial charge in [-0.1, -0.05) is 30.0 Å². The lowest BCUT2D eigenvalue weighted by Gasteiger charge is -2.22. The third-order valence-corrected chi connectivity index (χ3v) is 4.34. The van der Waals surface area contributed by atoms with E-state index in [0.717, 1.165) is 0 Å². The van der Waals surface area contributed by atoms with Gasteiger partial charge < -0.3 is 10.6 Å². The van der Waals surface area contributed by atoms with Crippen LogP contribution in [0, 0.1) is 5.82 Å². The number of carbonyl (C=O) groups is 2. The summed E-state index contributed by atoms with van der Waals surface area (Å²) in [5, 5.41) is 5.14. The van der Waals surface area contributed by atoms with E-state index >= 15 is 0 Å². The first-order chi connectivity index (χ1) is 11.6. The van der Waals surface area contributed by atoms with Gasteiger partial charge in [0.15, 0.2) is 5.17 Å². The minimum Gasteiger partial charge on any atom is -0.325 e. The number of halogens is 1. The molecule has 1 heterocycles. The molecule has 0 spiro atoms. The first-order valence-electron chi connectivity index (χ1n) is 7.27. The Hall–Kier alpha value is -2.67. The van der Waals surface area contributed by atoms with Crippen molar-refractivity contribution in [2.24, 2.45) is 4.99 Å². The van der Waals surface area contributed by atoms with Gasteiger partial charge in [0, 0.05) is 12.1 Å². The molecule has 0 aliphatic carbocycles. The Morgan fingerprint density at radius 3 is 2.58 bits per heavy atom. The lowest BCUT2D eigenvalue weighted by molar-refractivity contribution is -0.123. The minimum absolute atomic E-state index is 0.0610. The standard InChI is InChI=1S/C17H14FN3O2S/c18-11-6-8-13(9-7-11)19-16(23)14-10-15(22)21-17(24-14)20-12-4-2-1-3-5-12/h1-9,14H,10H2,(H,19,23)(H,20,21,22)/t14-/m0/s1. The van der Waals surface area contributed by atoms with Gasteiger partial charge in [0.05, 0.1) is 5.69 Å². The number of hydrogen-bond donors (Lipinski definition) is 2. The zero-order valence-corrected chi connectivity index (χ0v) is 13.3. The normalized spacial score (nSPS) is 19.0. The van der Waals surface area contributed by atoms with E-state index in [1.807, 2.05) is 30.3 Å². The predicted molar refractivity (Wildman–Crippen MR) is 92.7 cm³/mol. The third kappa shape index (κ3) is 4.20. The first kappa shape index (κ1) is 16.2. The molecule has 2 N–H and O–H groups in total. The van der Waals surface area contributed by atoms with Crippen molar-refractivity contribution in [2.45, 2.75) is 11.7 Å². The number of carbonyl (C=O) groups excluding carboxylic acids is 2. The number of anilines is 1. The van der Waals surface area contributed by atoms with Crippen molar-refractivity contribution >= 4 is 40.1 Å². The fraction of sp³-hybridized carbons (Fsp3) is 0.118. The summed E-state index contributed by atoms with van der Waals surface area (Å²) in [4.78, 5) is 28.5. The third-order valence-electron chi connectivity index (χ3n) is 3.26. The predicted octanol–water partition coefficient (Wildman–Crippen LogP) is 3.07. The van der Waals surface area contributed by atoms with Crippen LogP contribution in [-0.4, -0.2) is 22.2 Å². The van der Waals surface area contributed by atoms with E-state index < -0.39 is 5.25 Å². The molecule has 0 aromatic heterocycles. The fourth-order valence-corrected chi connectivity index (χ4v) is 3.12. The number of amidine groups is 1. The monoisotopic (exact) mass is 343 g/mol. The molecule has 5 nitrogen and oxygen atoms in total. The van der Waals surface area contributed by atoms with Crippen molar-refractivity contribution in [3.8, 4) is 0 Å². The number of hydrogen-bond acceptors (Lipinski definition) is 4. The van der Waals surface area contributed by atoms with Crippen LogP contribution in [-0.2, 0) is 9.59 Å². The van der Waals surface area contributed by atoms with E-state index in [0.29, 0.717) is 16.5 Å². The van der Waals surface area contributed by atoms with E-state index in [-0.39, 0.29) is 24.1 Å². The highest BCUT2D eigenvalue weighted by Crippen LogP contribution is 2.24. The minimum atomic E-state index is -0.591. The Morgan fingerprint density at radius 2 is 1.88 bits per heavy atom. The summed E-state index contributed by atoms with van der Waals surface area (Å²) in [5.74, 6) is -0.957. The quantitative estimate of drug-likeness (QED) is 0.900. The van der Waals surface area contributed by atoms with Crippen LogP contribution in [0.25, 0.3) is 0 Å². The van der Waals surface area contributed by atoms with Crippen LogP contribution in [0.4, 0.5) is 15.8 Å². The molecule has 0 unspecified atom stereocenters. The average molecular weight is 343 g/mol. The number of thioether (sulfide) groups is 1. The summed E-state index contributed by atoms with van der Waals surface area (Å²) >= 11 is 1.19. The van der Waals surface area contributed by atoms with Crippen LogP contribution in [0.3, 0.4) is 0 Å². The second-order valence-electron chi connectivity index (χ2n) is 5.11. The summed E-state index contributed by atoms with van der Waals surface area (Å²) < 4.78 is 12.9. The first-order valence-corrected chi connectivity index (χ1v) is 8.15. The van der Waals surface area contributed by atoms with Gasteiger partial charge in [-0.05, 0) is 36.4 Å². The van der Waals surface area contributed by atoms with Gasteiger partial charge in [0.2, 0.25) is 11.8 Å². The number of amides is 2. The number of aliphatic imine (C=N–C) groups is 1. The Kier molecular flexibility index (Phi) is 4.90. The molecule has 2 aromatic carbocycles. The van der Waals surface area contributed by atoms with Crippen molar-refractivity contribution in [1.29, 1.82) is 0 Å². The van der Waals surface area contributed by atoms with Crippen molar-refractivity contribution < 1.29 is 14.0 Å². The SMILES string of the molecule is O=C1C[C@@H](C(=O)Nc2ccc(F)cc2)SC(=Nc2ccccc2)N1. The molecule has 7 heteroatoms. The molecule has 2 amide bonds. The molecule has 0 radical (unpaired) electrons. The highest BCUT2D eigenvalue weighted by Gasteiger charge is 2.30. The Bertz CT molecular complexity index is 778. The average Bonchev–Trinajstić information content (AvgIpc) is 2.57. The van der Waals surface area contributed by atoms with Crippen molar-refractivity contribution in [3.05, 3.63) is 60.4 Å². The second kappa shape index (κ2) is 7.27. The molecule has 2 aromatic rings. The number of rotatable bonds is 3. The smallest absolute Gasteiger partial charge is 0.238 e. The molecular weight excluding hydrogens is 329 g/mol. The van der Waals surface area contributed by atoms with E-state index in [1.165, 1.54) is 36.0 Å². The van der Waals surface area contributed by atoms with Gasteiger partial charge in [-0.15, -0.1) is 0 Å². The lowest BCUT2D eigenvalue weighted by atomic mass is 10.2. The van der Waals surface area contributed by atoms with Crippen LogP contribution in [0.15, 0.2) is 59.6 Å². The Labute approximate surface area is 142 Å². The zero-order chi connectivity index (χ0) is 16.9. The number of para-hydroxylation sites is 1. The highest BCUT2D eigenvalue weighted by atomic mass is 32.2. The van der Waals surface area contributed by atoms with E-state index in [2.05, 4.69) is 15.6 Å². The van der Waals surface area contributed by atoms with E-state index in [1.54, 1.807) is 0 Å². The molecule has 1 fully saturated rings. The van der Waals surface area contributed by atoms with Crippen LogP contribution in [0.2, 0.25) is 0 Å². The molecule has 1 saturated heterocycles. The maximum atomic E-state index is 12.9. The number of nitrogens with zero attached hydrogens (tertiary/aromatic N) is 1. The molecule has 0 bridgehead atoms. The second-order valence-corrected chi connectivity index (χ2v) is 6.30. The van der Waals surface area contributed by atoms with Gasteiger partial charge in [0.1, 0.15) is 11.1 Å². The van der Waals surface area contributed by atoms with Crippen LogP contribution < -0.4 is 10.6 Å². The molecule has 1 atom stereocenters. The Morgan fingerprint density at radius 1 is 1.17 bits per heavy atom. The van der Waals surface area contributed by atoms with Gasteiger partial charge in [-0.3, -0.25) is 9.59 Å². The van der Waals surface area contributed by atoms with Crippen molar-refractivity contribution in [2.75, 3.05) is 5.32 Å². The van der Waals surface area contributed by atoms with Crippen molar-refractivity contribution in [1.82, 2.24) is 5.32 Å². The maximum Gasteiger partial charge on any atom is 0.238 e. The maximum absolute atomic E-state index is 12.9. The fourth-order valence-electron chi connectivity index (χ4n) is 2.12. The Balaban J connectivity index is 1.71. The largest absolute Gasteiger partial charge is 0.325 e. The summed E-state index contributed by atoms with van der Waals surface area (Å²) in [6.07, 6.45) is 0.0610. The summed E-state index contributed by atoms with van der Waals surface area (Å²) in [5.41, 5.74) is 1.18. The van der Waals surface area contributed by atoms with Gasteiger partial charge in [-0.2, -0.15) is 0 Å². The van der Waals surface area contributed by atoms with Gasteiger partial charge >= 0.3 is 0 Å².